The second-order valence-electron chi connectivity index (χ2n) is 7.23. The number of carbonyl (C=O) groups excluding carboxylic acids is 5. The molecule has 1 fully saturated rings. The number of esters is 4. The Morgan fingerprint density at radius 3 is 2.00 bits per heavy atom. The minimum Gasteiger partial charge on any atom is -0.463 e. The van der Waals surface area contributed by atoms with E-state index in [0.717, 1.165) is 27.7 Å². The molecule has 186 valence electrons. The summed E-state index contributed by atoms with van der Waals surface area (Å²) >= 11 is 12.0. The Hall–Kier alpha value is -2.89. The number of hydrogen-bond acceptors (Lipinski definition) is 10. The Bertz CT molecular complexity index is 969. The number of carbonyl (C=O) groups is 5. The normalized spacial score (nSPS) is 23.9. The largest absolute Gasteiger partial charge is 0.463 e. The van der Waals surface area contributed by atoms with Gasteiger partial charge in [0, 0.05) is 32.7 Å². The summed E-state index contributed by atoms with van der Waals surface area (Å²) in [6.45, 7) is 4.02. The van der Waals surface area contributed by atoms with E-state index in [1.807, 2.05) is 0 Å². The lowest BCUT2D eigenvalue weighted by atomic mass is 9.95. The molecule has 1 N–H and O–H groups in total. The predicted octanol–water partition coefficient (Wildman–Crippen LogP) is 1.81. The van der Waals surface area contributed by atoms with Crippen LogP contribution in [-0.2, 0) is 42.9 Å². The van der Waals surface area contributed by atoms with Crippen molar-refractivity contribution in [3.8, 4) is 0 Å². The maximum Gasteiger partial charge on any atom is 0.305 e. The summed E-state index contributed by atoms with van der Waals surface area (Å²) < 4.78 is 26.5. The molecule has 1 aromatic rings. The molecule has 0 aliphatic carbocycles. The molecule has 2 rings (SSSR count). The molecule has 0 radical (unpaired) electrons. The second kappa shape index (κ2) is 12.0. The van der Waals surface area contributed by atoms with Crippen LogP contribution in [-0.4, -0.2) is 67.0 Å². The fourth-order valence-electron chi connectivity index (χ4n) is 3.22. The first-order chi connectivity index (χ1) is 15.9. The molecule has 13 heteroatoms. The predicted molar refractivity (Wildman–Crippen MR) is 116 cm³/mol. The van der Waals surface area contributed by atoms with E-state index in [2.05, 4.69) is 5.32 Å². The third-order valence-corrected chi connectivity index (χ3v) is 5.00. The van der Waals surface area contributed by atoms with Crippen molar-refractivity contribution in [3.63, 3.8) is 0 Å². The Balaban J connectivity index is 2.48. The Kier molecular flexibility index (Phi) is 9.66. The van der Waals surface area contributed by atoms with Gasteiger partial charge in [0.25, 0.3) is 5.91 Å². The fraction of sp³-hybridized carbons (Fsp3) is 0.476. The number of hydrogen-bond donors (Lipinski definition) is 1. The number of nitrogens with one attached hydrogen (secondary N) is 1. The van der Waals surface area contributed by atoms with E-state index in [1.165, 1.54) is 18.2 Å². The molecular weight excluding hydrogens is 497 g/mol. The zero-order valence-corrected chi connectivity index (χ0v) is 20.2. The molecule has 5 atom stereocenters. The Morgan fingerprint density at radius 2 is 1.47 bits per heavy atom. The summed E-state index contributed by atoms with van der Waals surface area (Å²) in [5.41, 5.74) is 0.0142. The Labute approximate surface area is 204 Å². The van der Waals surface area contributed by atoms with Gasteiger partial charge in [0.05, 0.1) is 10.6 Å². The van der Waals surface area contributed by atoms with Gasteiger partial charge in [0.15, 0.2) is 12.2 Å². The van der Waals surface area contributed by atoms with Crippen LogP contribution in [0, 0.1) is 0 Å². The van der Waals surface area contributed by atoms with Crippen LogP contribution in [0.3, 0.4) is 0 Å². The second-order valence-corrected chi connectivity index (χ2v) is 8.07. The summed E-state index contributed by atoms with van der Waals surface area (Å²) in [5, 5.41) is 2.87. The van der Waals surface area contributed by atoms with Crippen molar-refractivity contribution in [2.24, 2.45) is 0 Å². The lowest BCUT2D eigenvalue weighted by Gasteiger charge is -2.44. The lowest BCUT2D eigenvalue weighted by molar-refractivity contribution is -0.270. The van der Waals surface area contributed by atoms with Gasteiger partial charge in [-0.25, -0.2) is 0 Å². The van der Waals surface area contributed by atoms with E-state index < -0.39 is 67.0 Å². The maximum absolute atomic E-state index is 13.0. The molecule has 0 bridgehead atoms. The van der Waals surface area contributed by atoms with E-state index in [0.29, 0.717) is 5.02 Å². The van der Waals surface area contributed by atoms with Crippen molar-refractivity contribution in [1.82, 2.24) is 5.32 Å². The van der Waals surface area contributed by atoms with E-state index in [4.69, 9.17) is 46.9 Å². The van der Waals surface area contributed by atoms with E-state index in [-0.39, 0.29) is 10.6 Å². The summed E-state index contributed by atoms with van der Waals surface area (Å²) in [6.07, 6.45) is -5.44. The fourth-order valence-corrected chi connectivity index (χ4v) is 3.72. The van der Waals surface area contributed by atoms with Gasteiger partial charge >= 0.3 is 23.9 Å². The molecule has 1 heterocycles. The van der Waals surface area contributed by atoms with Gasteiger partial charge in [-0.15, -0.1) is 0 Å². The van der Waals surface area contributed by atoms with Crippen molar-refractivity contribution in [3.05, 3.63) is 33.8 Å². The molecule has 1 amide bonds. The first kappa shape index (κ1) is 27.4. The van der Waals surface area contributed by atoms with Gasteiger partial charge in [0.2, 0.25) is 6.29 Å². The third kappa shape index (κ3) is 7.57. The highest BCUT2D eigenvalue weighted by molar-refractivity contribution is 6.36. The van der Waals surface area contributed by atoms with E-state index >= 15 is 0 Å². The molecule has 11 nitrogen and oxygen atoms in total. The maximum atomic E-state index is 13.0. The number of benzene rings is 1. The number of halogens is 2. The zero-order valence-electron chi connectivity index (χ0n) is 18.7. The van der Waals surface area contributed by atoms with Crippen LogP contribution in [0.4, 0.5) is 0 Å². The van der Waals surface area contributed by atoms with Gasteiger partial charge in [-0.05, 0) is 18.2 Å². The third-order valence-electron chi connectivity index (χ3n) is 4.46. The van der Waals surface area contributed by atoms with Crippen LogP contribution in [0.1, 0.15) is 38.1 Å². The van der Waals surface area contributed by atoms with Crippen LogP contribution >= 0.6 is 23.2 Å². The van der Waals surface area contributed by atoms with Crippen molar-refractivity contribution in [1.29, 1.82) is 0 Å². The van der Waals surface area contributed by atoms with Gasteiger partial charge < -0.3 is 29.0 Å². The molecule has 1 aliphatic heterocycles. The number of amides is 1. The highest BCUT2D eigenvalue weighted by Crippen LogP contribution is 2.29. The van der Waals surface area contributed by atoms with Crippen molar-refractivity contribution in [2.75, 3.05) is 6.61 Å². The molecule has 1 aromatic carbocycles. The average molecular weight is 520 g/mol. The number of ether oxygens (including phenoxy) is 5. The van der Waals surface area contributed by atoms with Crippen LogP contribution in [0.2, 0.25) is 10.0 Å². The zero-order chi connectivity index (χ0) is 25.6. The molecular formula is C21H23Cl2NO10. The molecule has 0 aromatic heterocycles. The van der Waals surface area contributed by atoms with E-state index in [9.17, 15) is 24.0 Å². The monoisotopic (exact) mass is 519 g/mol. The SMILES string of the molecule is CC(=O)OC[C@@H]1O[C@H](OC(C)=O)[C@H](NC(=O)c2ccc(Cl)cc2Cl)[C@H](OC(C)=O)[C@@H]1OC(C)=O. The van der Waals surface area contributed by atoms with Crippen molar-refractivity contribution in [2.45, 2.75) is 58.3 Å². The lowest BCUT2D eigenvalue weighted by Crippen LogP contribution is -2.67. The summed E-state index contributed by atoms with van der Waals surface area (Å²) in [4.78, 5) is 59.7. The molecule has 0 unspecified atom stereocenters. The van der Waals surface area contributed by atoms with Crippen molar-refractivity contribution < 1.29 is 47.7 Å². The smallest absolute Gasteiger partial charge is 0.305 e. The molecule has 34 heavy (non-hydrogen) atoms. The van der Waals surface area contributed by atoms with Crippen LogP contribution in [0.25, 0.3) is 0 Å². The van der Waals surface area contributed by atoms with Gasteiger partial charge in [-0.1, -0.05) is 23.2 Å². The average Bonchev–Trinajstić information content (AvgIpc) is 2.69. The molecule has 1 saturated heterocycles. The highest BCUT2D eigenvalue weighted by atomic mass is 35.5. The topological polar surface area (TPSA) is 144 Å². The first-order valence-corrected chi connectivity index (χ1v) is 10.7. The Morgan fingerprint density at radius 1 is 0.882 bits per heavy atom. The summed E-state index contributed by atoms with van der Waals surface area (Å²) in [5.74, 6) is -3.75. The minimum absolute atomic E-state index is 0.0142. The van der Waals surface area contributed by atoms with Crippen LogP contribution in [0.15, 0.2) is 18.2 Å². The van der Waals surface area contributed by atoms with Gasteiger partial charge in [0.1, 0.15) is 18.8 Å². The van der Waals surface area contributed by atoms with Crippen LogP contribution < -0.4 is 5.32 Å². The minimum atomic E-state index is -1.51. The summed E-state index contributed by atoms with van der Waals surface area (Å²) in [6, 6.07) is 2.80. The molecule has 0 spiro atoms. The highest BCUT2D eigenvalue weighted by Gasteiger charge is 2.52. The standard InChI is InChI=1S/C21H23Cl2NO10/c1-9(25)30-8-16-18(31-10(2)26)19(32-11(3)27)17(21(34-16)33-12(4)28)24-20(29)14-6-5-13(22)7-15(14)23/h5-7,16-19,21H,8H2,1-4H3,(H,24,29)/t16-,17+,18+,19-,21-/m0/s1. The van der Waals surface area contributed by atoms with Crippen molar-refractivity contribution >= 4 is 53.0 Å². The quantitative estimate of drug-likeness (QED) is 0.418. The summed E-state index contributed by atoms with van der Waals surface area (Å²) in [7, 11) is 0. The van der Waals surface area contributed by atoms with Crippen LogP contribution in [0.5, 0.6) is 0 Å². The molecule has 1 aliphatic rings. The van der Waals surface area contributed by atoms with Gasteiger partial charge in [-0.2, -0.15) is 0 Å². The van der Waals surface area contributed by atoms with Gasteiger partial charge in [-0.3, -0.25) is 24.0 Å². The van der Waals surface area contributed by atoms with E-state index in [1.54, 1.807) is 0 Å². The molecule has 0 saturated carbocycles. The number of rotatable bonds is 7. The first-order valence-electron chi connectivity index (χ1n) is 9.95.